The zero-order chi connectivity index (χ0) is 14.9. The summed E-state index contributed by atoms with van der Waals surface area (Å²) in [6.45, 7) is 4.91. The third-order valence-electron chi connectivity index (χ3n) is 5.40. The highest BCUT2D eigenvalue weighted by atomic mass is 15.2. The average Bonchev–Trinajstić information content (AvgIpc) is 3.03. The first-order valence-corrected chi connectivity index (χ1v) is 8.52. The van der Waals surface area contributed by atoms with Crippen molar-refractivity contribution in [3.05, 3.63) is 24.0 Å². The third-order valence-corrected chi connectivity index (χ3v) is 5.40. The van der Waals surface area contributed by atoms with Crippen LogP contribution in [0.4, 0.5) is 0 Å². The van der Waals surface area contributed by atoms with Crippen LogP contribution >= 0.6 is 0 Å². The summed E-state index contributed by atoms with van der Waals surface area (Å²) < 4.78 is 0. The van der Waals surface area contributed by atoms with E-state index in [4.69, 9.17) is 4.98 Å². The summed E-state index contributed by atoms with van der Waals surface area (Å²) in [7, 11) is 2.23. The molecule has 0 amide bonds. The predicted molar refractivity (Wildman–Crippen MR) is 88.0 cm³/mol. The van der Waals surface area contributed by atoms with Crippen molar-refractivity contribution in [2.24, 2.45) is 0 Å². The van der Waals surface area contributed by atoms with Crippen LogP contribution in [0.2, 0.25) is 0 Å². The van der Waals surface area contributed by atoms with E-state index < -0.39 is 0 Å². The van der Waals surface area contributed by atoms with E-state index in [9.17, 15) is 0 Å². The van der Waals surface area contributed by atoms with Gasteiger partial charge in [-0.2, -0.15) is 5.10 Å². The molecule has 2 saturated heterocycles. The molecule has 5 heteroatoms. The molecule has 4 rings (SSSR count). The Hall–Kier alpha value is -1.46. The Morgan fingerprint density at radius 3 is 2.86 bits per heavy atom. The maximum atomic E-state index is 4.80. The second-order valence-electron chi connectivity index (χ2n) is 6.91. The van der Waals surface area contributed by atoms with Gasteiger partial charge in [0.15, 0.2) is 5.65 Å². The van der Waals surface area contributed by atoms with Crippen molar-refractivity contribution in [1.29, 1.82) is 0 Å². The number of H-pyrrole nitrogens is 1. The van der Waals surface area contributed by atoms with E-state index in [1.165, 1.54) is 57.6 Å². The summed E-state index contributed by atoms with van der Waals surface area (Å²) in [6.07, 6.45) is 7.03. The number of aromatic amines is 1. The molecular formula is C17H25N5. The highest BCUT2D eigenvalue weighted by molar-refractivity contribution is 5.73. The zero-order valence-corrected chi connectivity index (χ0v) is 13.3. The van der Waals surface area contributed by atoms with Gasteiger partial charge in [-0.05, 0) is 64.5 Å². The third kappa shape index (κ3) is 2.75. The molecule has 22 heavy (non-hydrogen) atoms. The van der Waals surface area contributed by atoms with E-state index in [1.54, 1.807) is 0 Å². The Kier molecular flexibility index (Phi) is 3.84. The van der Waals surface area contributed by atoms with Crippen LogP contribution in [0.5, 0.6) is 0 Å². The minimum atomic E-state index is 0.570. The number of rotatable bonds is 2. The molecule has 1 N–H and O–H groups in total. The number of aromatic nitrogens is 3. The van der Waals surface area contributed by atoms with Crippen LogP contribution in [0.15, 0.2) is 18.3 Å². The van der Waals surface area contributed by atoms with Gasteiger partial charge in [-0.15, -0.1) is 0 Å². The van der Waals surface area contributed by atoms with Crippen molar-refractivity contribution in [3.8, 4) is 0 Å². The first kappa shape index (κ1) is 14.2. The summed E-state index contributed by atoms with van der Waals surface area (Å²) in [4.78, 5) is 9.97. The number of hydrogen-bond acceptors (Lipinski definition) is 4. The Balaban J connectivity index is 1.48. The molecule has 0 radical (unpaired) electrons. The normalized spacial score (nSPS) is 25.8. The number of fused-ring (bicyclic) bond motifs is 1. The SMILES string of the molecule is CN1CCC(N2CCC[C@H](c3ccc4cn[nH]c4n3)C2)CC1. The largest absolute Gasteiger partial charge is 0.306 e. The van der Waals surface area contributed by atoms with Crippen LogP contribution < -0.4 is 0 Å². The van der Waals surface area contributed by atoms with Gasteiger partial charge in [0.2, 0.25) is 0 Å². The van der Waals surface area contributed by atoms with Gasteiger partial charge in [-0.3, -0.25) is 10.00 Å². The van der Waals surface area contributed by atoms with Gasteiger partial charge in [0.25, 0.3) is 0 Å². The fraction of sp³-hybridized carbons (Fsp3) is 0.647. The first-order valence-electron chi connectivity index (χ1n) is 8.52. The van der Waals surface area contributed by atoms with Gasteiger partial charge in [0.1, 0.15) is 0 Å². The lowest BCUT2D eigenvalue weighted by Crippen LogP contribution is -2.47. The van der Waals surface area contributed by atoms with Crippen molar-refractivity contribution >= 4 is 11.0 Å². The van der Waals surface area contributed by atoms with E-state index in [0.717, 1.165) is 17.1 Å². The summed E-state index contributed by atoms with van der Waals surface area (Å²) in [5.41, 5.74) is 2.16. The Bertz CT molecular complexity index is 629. The number of nitrogens with zero attached hydrogens (tertiary/aromatic N) is 4. The molecule has 2 fully saturated rings. The Morgan fingerprint density at radius 2 is 2.00 bits per heavy atom. The molecule has 1 atom stereocenters. The molecule has 2 aromatic heterocycles. The molecule has 0 unspecified atom stereocenters. The van der Waals surface area contributed by atoms with E-state index >= 15 is 0 Å². The first-order chi connectivity index (χ1) is 10.8. The molecular weight excluding hydrogens is 274 g/mol. The Morgan fingerprint density at radius 1 is 1.14 bits per heavy atom. The zero-order valence-electron chi connectivity index (χ0n) is 13.3. The standard InChI is InChI=1S/C17H25N5/c1-21-9-6-15(7-10-21)22-8-2-3-14(12-22)16-5-4-13-11-18-20-17(13)19-16/h4-5,11,14-15H,2-3,6-10,12H2,1H3,(H,18,19,20)/t14-/m0/s1. The molecule has 118 valence electrons. The van der Waals surface area contributed by atoms with Crippen LogP contribution in [-0.4, -0.2) is 64.2 Å². The summed E-state index contributed by atoms with van der Waals surface area (Å²) in [5, 5.41) is 8.18. The minimum absolute atomic E-state index is 0.570. The average molecular weight is 299 g/mol. The van der Waals surface area contributed by atoms with Crippen molar-refractivity contribution < 1.29 is 0 Å². The fourth-order valence-corrected chi connectivity index (χ4v) is 4.01. The molecule has 2 aliphatic heterocycles. The summed E-state index contributed by atoms with van der Waals surface area (Å²) in [6, 6.07) is 5.12. The lowest BCUT2D eigenvalue weighted by atomic mass is 9.91. The van der Waals surface area contributed by atoms with Gasteiger partial charge >= 0.3 is 0 Å². The van der Waals surface area contributed by atoms with Crippen LogP contribution in [0.3, 0.4) is 0 Å². The molecule has 0 spiro atoms. The highest BCUT2D eigenvalue weighted by Crippen LogP contribution is 2.29. The monoisotopic (exact) mass is 299 g/mol. The fourth-order valence-electron chi connectivity index (χ4n) is 4.01. The molecule has 4 heterocycles. The molecule has 2 aliphatic rings. The molecule has 0 aliphatic carbocycles. The predicted octanol–water partition coefficient (Wildman–Crippen LogP) is 2.23. The molecule has 2 aromatic rings. The van der Waals surface area contributed by atoms with Crippen LogP contribution in [0.25, 0.3) is 11.0 Å². The van der Waals surface area contributed by atoms with Crippen molar-refractivity contribution in [1.82, 2.24) is 25.0 Å². The number of nitrogens with one attached hydrogen (secondary N) is 1. The van der Waals surface area contributed by atoms with E-state index in [2.05, 4.69) is 39.2 Å². The Labute approximate surface area is 131 Å². The number of piperidine rings is 2. The molecule has 0 aromatic carbocycles. The lowest BCUT2D eigenvalue weighted by molar-refractivity contribution is 0.0934. The maximum absolute atomic E-state index is 4.80. The maximum Gasteiger partial charge on any atom is 0.155 e. The van der Waals surface area contributed by atoms with Gasteiger partial charge in [-0.25, -0.2) is 4.98 Å². The van der Waals surface area contributed by atoms with Crippen LogP contribution in [0.1, 0.15) is 37.3 Å². The second kappa shape index (κ2) is 5.97. The topological polar surface area (TPSA) is 48.0 Å². The summed E-state index contributed by atoms with van der Waals surface area (Å²) in [5.74, 6) is 0.570. The molecule has 0 saturated carbocycles. The van der Waals surface area contributed by atoms with Crippen molar-refractivity contribution in [2.45, 2.75) is 37.6 Å². The highest BCUT2D eigenvalue weighted by Gasteiger charge is 2.29. The van der Waals surface area contributed by atoms with Crippen LogP contribution in [0, 0.1) is 0 Å². The number of pyridine rings is 1. The van der Waals surface area contributed by atoms with Crippen molar-refractivity contribution in [3.63, 3.8) is 0 Å². The quantitative estimate of drug-likeness (QED) is 0.924. The van der Waals surface area contributed by atoms with E-state index in [1.807, 2.05) is 6.20 Å². The smallest absolute Gasteiger partial charge is 0.155 e. The lowest BCUT2D eigenvalue weighted by Gasteiger charge is -2.41. The second-order valence-corrected chi connectivity index (χ2v) is 6.91. The van der Waals surface area contributed by atoms with Gasteiger partial charge in [0, 0.05) is 29.6 Å². The number of hydrogen-bond donors (Lipinski definition) is 1. The molecule has 5 nitrogen and oxygen atoms in total. The summed E-state index contributed by atoms with van der Waals surface area (Å²) >= 11 is 0. The van der Waals surface area contributed by atoms with Crippen molar-refractivity contribution in [2.75, 3.05) is 33.2 Å². The van der Waals surface area contributed by atoms with E-state index in [0.29, 0.717) is 5.92 Å². The van der Waals surface area contributed by atoms with Gasteiger partial charge in [-0.1, -0.05) is 0 Å². The van der Waals surface area contributed by atoms with Crippen LogP contribution in [-0.2, 0) is 0 Å². The van der Waals surface area contributed by atoms with E-state index in [-0.39, 0.29) is 0 Å². The number of likely N-dealkylation sites (tertiary alicyclic amines) is 2. The van der Waals surface area contributed by atoms with Gasteiger partial charge in [0.05, 0.1) is 6.20 Å². The van der Waals surface area contributed by atoms with Gasteiger partial charge < -0.3 is 4.90 Å². The molecule has 0 bridgehead atoms. The minimum Gasteiger partial charge on any atom is -0.306 e.